The van der Waals surface area contributed by atoms with Crippen LogP contribution in [-0.2, 0) is 9.47 Å². The van der Waals surface area contributed by atoms with Gasteiger partial charge in [-0.05, 0) is 24.3 Å². The number of carbonyl (C=O) groups is 1. The smallest absolute Gasteiger partial charge is 0.337 e. The summed E-state index contributed by atoms with van der Waals surface area (Å²) in [7, 11) is 1.37. The van der Waals surface area contributed by atoms with E-state index in [1.165, 1.54) is 12.8 Å². The van der Waals surface area contributed by atoms with E-state index < -0.39 is 0 Å². The van der Waals surface area contributed by atoms with Crippen molar-refractivity contribution >= 4 is 22.7 Å². The Hall–Kier alpha value is -2.14. The Morgan fingerprint density at radius 3 is 3.11 bits per heavy atom. The van der Waals surface area contributed by atoms with Crippen LogP contribution in [0.15, 0.2) is 30.6 Å². The van der Waals surface area contributed by atoms with Crippen molar-refractivity contribution in [3.8, 4) is 0 Å². The molecule has 0 atom stereocenters. The van der Waals surface area contributed by atoms with Crippen LogP contribution in [0.2, 0.25) is 0 Å². The van der Waals surface area contributed by atoms with Crippen LogP contribution in [0, 0.1) is 0 Å². The van der Waals surface area contributed by atoms with E-state index in [1.807, 2.05) is 10.6 Å². The first kappa shape index (κ1) is 11.9. The number of carbonyl (C=O) groups excluding carboxylic acids is 1. The standard InChI is InChI=1S/C14H14N2O3/c1-18-14(17)10-2-3-13-12(8-10)15-9-16(13)11-4-6-19-7-5-11/h2-4,8-9H,5-7H2,1H3. The van der Waals surface area contributed by atoms with Gasteiger partial charge in [-0.2, -0.15) is 0 Å². The zero-order chi connectivity index (χ0) is 13.2. The highest BCUT2D eigenvalue weighted by Crippen LogP contribution is 2.22. The average Bonchev–Trinajstić information content (AvgIpc) is 2.90. The third-order valence-electron chi connectivity index (χ3n) is 3.22. The van der Waals surface area contributed by atoms with Crippen LogP contribution in [0.25, 0.3) is 16.7 Å². The quantitative estimate of drug-likeness (QED) is 0.774. The molecule has 0 radical (unpaired) electrons. The van der Waals surface area contributed by atoms with E-state index in [0.29, 0.717) is 12.2 Å². The number of benzene rings is 1. The molecule has 2 aromatic rings. The molecule has 0 fully saturated rings. The van der Waals surface area contributed by atoms with Gasteiger partial charge >= 0.3 is 5.97 Å². The molecular weight excluding hydrogens is 244 g/mol. The first-order valence-electron chi connectivity index (χ1n) is 6.12. The third-order valence-corrected chi connectivity index (χ3v) is 3.22. The third kappa shape index (κ3) is 2.13. The number of hydrogen-bond acceptors (Lipinski definition) is 4. The molecular formula is C14H14N2O3. The van der Waals surface area contributed by atoms with Crippen molar-refractivity contribution in [1.82, 2.24) is 9.55 Å². The molecule has 2 heterocycles. The molecule has 5 heteroatoms. The number of imidazole rings is 1. The molecule has 0 saturated heterocycles. The second-order valence-corrected chi connectivity index (χ2v) is 4.33. The zero-order valence-corrected chi connectivity index (χ0v) is 10.6. The molecule has 5 nitrogen and oxygen atoms in total. The minimum atomic E-state index is -0.346. The lowest BCUT2D eigenvalue weighted by Gasteiger charge is -2.14. The van der Waals surface area contributed by atoms with Crippen molar-refractivity contribution in [2.75, 3.05) is 20.3 Å². The molecule has 0 bridgehead atoms. The summed E-state index contributed by atoms with van der Waals surface area (Å²) in [6.07, 6.45) is 4.70. The minimum absolute atomic E-state index is 0.346. The number of ether oxygens (including phenoxy) is 2. The van der Waals surface area contributed by atoms with Crippen molar-refractivity contribution in [1.29, 1.82) is 0 Å². The summed E-state index contributed by atoms with van der Waals surface area (Å²) >= 11 is 0. The molecule has 0 amide bonds. The Labute approximate surface area is 110 Å². The normalized spacial score (nSPS) is 15.3. The van der Waals surface area contributed by atoms with Gasteiger partial charge < -0.3 is 14.0 Å². The van der Waals surface area contributed by atoms with Crippen LogP contribution < -0.4 is 0 Å². The van der Waals surface area contributed by atoms with Gasteiger partial charge in [0.05, 0.1) is 36.9 Å². The fourth-order valence-corrected chi connectivity index (χ4v) is 2.22. The fourth-order valence-electron chi connectivity index (χ4n) is 2.22. The largest absolute Gasteiger partial charge is 0.465 e. The number of hydrogen-bond donors (Lipinski definition) is 0. The second kappa shape index (κ2) is 4.85. The van der Waals surface area contributed by atoms with Crippen molar-refractivity contribution in [3.63, 3.8) is 0 Å². The van der Waals surface area contributed by atoms with E-state index in [4.69, 9.17) is 9.47 Å². The van der Waals surface area contributed by atoms with Crippen LogP contribution >= 0.6 is 0 Å². The summed E-state index contributed by atoms with van der Waals surface area (Å²) in [5, 5.41) is 0. The lowest BCUT2D eigenvalue weighted by atomic mass is 10.2. The van der Waals surface area contributed by atoms with Gasteiger partial charge in [-0.1, -0.05) is 0 Å². The minimum Gasteiger partial charge on any atom is -0.465 e. The summed E-state index contributed by atoms with van der Waals surface area (Å²) in [6.45, 7) is 1.36. The monoisotopic (exact) mass is 258 g/mol. The Bertz CT molecular complexity index is 658. The van der Waals surface area contributed by atoms with E-state index in [2.05, 4.69) is 11.1 Å². The number of aromatic nitrogens is 2. The molecule has 1 aromatic carbocycles. The van der Waals surface area contributed by atoms with E-state index >= 15 is 0 Å². The average molecular weight is 258 g/mol. The predicted octanol–water partition coefficient (Wildman–Crippen LogP) is 2.08. The summed E-state index contributed by atoms with van der Waals surface area (Å²) in [4.78, 5) is 15.8. The molecule has 3 rings (SSSR count). The molecule has 1 aliphatic heterocycles. The van der Waals surface area contributed by atoms with Crippen molar-refractivity contribution in [2.24, 2.45) is 0 Å². The Balaban J connectivity index is 2.04. The van der Waals surface area contributed by atoms with Gasteiger partial charge in [0, 0.05) is 12.1 Å². The summed E-state index contributed by atoms with van der Waals surface area (Å²) in [5.74, 6) is -0.346. The topological polar surface area (TPSA) is 53.3 Å². The van der Waals surface area contributed by atoms with Gasteiger partial charge in [0.25, 0.3) is 0 Å². The highest BCUT2D eigenvalue weighted by Gasteiger charge is 2.12. The van der Waals surface area contributed by atoms with Crippen LogP contribution in [0.1, 0.15) is 16.8 Å². The van der Waals surface area contributed by atoms with E-state index in [9.17, 15) is 4.79 Å². The molecule has 0 unspecified atom stereocenters. The summed E-state index contributed by atoms with van der Waals surface area (Å²) in [6, 6.07) is 5.40. The molecule has 1 aliphatic rings. The van der Waals surface area contributed by atoms with E-state index in [-0.39, 0.29) is 5.97 Å². The zero-order valence-electron chi connectivity index (χ0n) is 10.6. The molecule has 1 aromatic heterocycles. The van der Waals surface area contributed by atoms with E-state index in [1.54, 1.807) is 18.5 Å². The van der Waals surface area contributed by atoms with Gasteiger partial charge in [0.15, 0.2) is 0 Å². The Morgan fingerprint density at radius 2 is 2.37 bits per heavy atom. The molecule has 0 aliphatic carbocycles. The van der Waals surface area contributed by atoms with Gasteiger partial charge in [-0.3, -0.25) is 0 Å². The van der Waals surface area contributed by atoms with Crippen LogP contribution in [-0.4, -0.2) is 35.8 Å². The molecule has 0 N–H and O–H groups in total. The van der Waals surface area contributed by atoms with Gasteiger partial charge in [0.2, 0.25) is 0 Å². The molecule has 0 spiro atoms. The number of nitrogens with zero attached hydrogens (tertiary/aromatic N) is 2. The summed E-state index contributed by atoms with van der Waals surface area (Å²) < 4.78 is 12.1. The van der Waals surface area contributed by atoms with Crippen molar-refractivity contribution < 1.29 is 14.3 Å². The van der Waals surface area contributed by atoms with Gasteiger partial charge in [-0.25, -0.2) is 9.78 Å². The van der Waals surface area contributed by atoms with Crippen LogP contribution in [0.5, 0.6) is 0 Å². The first-order chi connectivity index (χ1) is 9.29. The predicted molar refractivity (Wildman–Crippen MR) is 70.8 cm³/mol. The molecule has 0 saturated carbocycles. The lowest BCUT2D eigenvalue weighted by Crippen LogP contribution is -2.08. The highest BCUT2D eigenvalue weighted by molar-refractivity contribution is 5.94. The summed E-state index contributed by atoms with van der Waals surface area (Å²) in [5.41, 5.74) is 3.47. The molecule has 19 heavy (non-hydrogen) atoms. The van der Waals surface area contributed by atoms with Gasteiger partial charge in [-0.15, -0.1) is 0 Å². The Morgan fingerprint density at radius 1 is 1.47 bits per heavy atom. The number of fused-ring (bicyclic) bond motifs is 1. The van der Waals surface area contributed by atoms with Gasteiger partial charge in [0.1, 0.15) is 6.33 Å². The number of methoxy groups -OCH3 is 1. The van der Waals surface area contributed by atoms with E-state index in [0.717, 1.165) is 24.1 Å². The highest BCUT2D eigenvalue weighted by atomic mass is 16.5. The fraction of sp³-hybridized carbons (Fsp3) is 0.286. The SMILES string of the molecule is COC(=O)c1ccc2c(c1)ncn2C1=CCOCC1. The van der Waals surface area contributed by atoms with Crippen molar-refractivity contribution in [2.45, 2.75) is 6.42 Å². The van der Waals surface area contributed by atoms with Crippen molar-refractivity contribution in [3.05, 3.63) is 36.2 Å². The maximum Gasteiger partial charge on any atom is 0.337 e. The maximum atomic E-state index is 11.5. The second-order valence-electron chi connectivity index (χ2n) is 4.33. The first-order valence-corrected chi connectivity index (χ1v) is 6.12. The lowest BCUT2D eigenvalue weighted by molar-refractivity contribution is 0.0601. The van der Waals surface area contributed by atoms with Crippen LogP contribution in [0.4, 0.5) is 0 Å². The Kier molecular flexibility index (Phi) is 3.05. The number of rotatable bonds is 2. The van der Waals surface area contributed by atoms with Crippen LogP contribution in [0.3, 0.4) is 0 Å². The number of esters is 1. The maximum absolute atomic E-state index is 11.5. The molecule has 98 valence electrons.